The smallest absolute Gasteiger partial charge is 0.289 e. The van der Waals surface area contributed by atoms with Crippen LogP contribution < -0.4 is 0 Å². The van der Waals surface area contributed by atoms with E-state index in [0.717, 1.165) is 5.56 Å². The van der Waals surface area contributed by atoms with E-state index in [1.54, 1.807) is 19.1 Å². The van der Waals surface area contributed by atoms with Crippen molar-refractivity contribution in [1.82, 2.24) is 10.2 Å². The van der Waals surface area contributed by atoms with Gasteiger partial charge in [-0.3, -0.25) is 0 Å². The lowest BCUT2D eigenvalue weighted by Gasteiger charge is -1.93. The van der Waals surface area contributed by atoms with E-state index in [-0.39, 0.29) is 0 Å². The molecule has 3 nitrogen and oxygen atoms in total. The molecular weight excluding hydrogens is 244 g/mol. The maximum atomic E-state index is 5.78. The molecule has 1 aromatic carbocycles. The second-order valence-corrected chi connectivity index (χ2v) is 4.03. The third kappa shape index (κ3) is 2.57. The average Bonchev–Trinajstić information content (AvgIpc) is 2.76. The van der Waals surface area contributed by atoms with Crippen molar-refractivity contribution in [2.75, 3.05) is 0 Å². The molecule has 0 saturated carbocycles. The lowest BCUT2D eigenvalue weighted by atomic mass is 10.2. The number of hydrogen-bond donors (Lipinski definition) is 0. The van der Waals surface area contributed by atoms with Gasteiger partial charge in [0.15, 0.2) is 0 Å². The van der Waals surface area contributed by atoms with Gasteiger partial charge >= 0.3 is 0 Å². The summed E-state index contributed by atoms with van der Waals surface area (Å²) in [7, 11) is 0. The Morgan fingerprint density at radius 3 is 2.69 bits per heavy atom. The zero-order chi connectivity index (χ0) is 11.4. The molecule has 0 bridgehead atoms. The first kappa shape index (κ1) is 11.1. The molecule has 16 heavy (non-hydrogen) atoms. The zero-order valence-corrected chi connectivity index (χ0v) is 9.97. The first-order chi connectivity index (χ1) is 7.79. The van der Waals surface area contributed by atoms with Gasteiger partial charge in [-0.25, -0.2) is 0 Å². The van der Waals surface area contributed by atoms with E-state index in [1.165, 1.54) is 11.8 Å². The molecule has 2 rings (SSSR count). The Morgan fingerprint density at radius 2 is 2.00 bits per heavy atom. The molecule has 0 fully saturated rings. The highest BCUT2D eigenvalue weighted by atomic mass is 35.5. The van der Waals surface area contributed by atoms with Gasteiger partial charge in [0.05, 0.1) is 0 Å². The summed E-state index contributed by atoms with van der Waals surface area (Å²) >= 11 is 7.00. The van der Waals surface area contributed by atoms with Gasteiger partial charge in [-0.1, -0.05) is 22.6 Å². The van der Waals surface area contributed by atoms with Crippen LogP contribution in [0.3, 0.4) is 0 Å². The number of hydrogen-bond acceptors (Lipinski definition) is 4. The molecule has 0 atom stereocenters. The predicted octanol–water partition coefficient (Wildman–Crippen LogP) is 3.46. The first-order valence-corrected chi connectivity index (χ1v) is 5.67. The number of halogens is 1. The fourth-order valence-electron chi connectivity index (χ4n) is 1.05. The summed E-state index contributed by atoms with van der Waals surface area (Å²) in [5, 5.41) is 11.7. The summed E-state index contributed by atoms with van der Waals surface area (Å²) < 4.78 is 5.41. The topological polar surface area (TPSA) is 38.9 Å². The molecule has 0 unspecified atom stereocenters. The van der Waals surface area contributed by atoms with Gasteiger partial charge in [0.25, 0.3) is 5.22 Å². The van der Waals surface area contributed by atoms with Gasteiger partial charge in [-0.05, 0) is 36.4 Å². The van der Waals surface area contributed by atoms with E-state index in [2.05, 4.69) is 21.4 Å². The summed E-state index contributed by atoms with van der Waals surface area (Å²) in [6.45, 7) is 1.75. The Bertz CT molecular complexity index is 539. The van der Waals surface area contributed by atoms with Crippen molar-refractivity contribution in [1.29, 1.82) is 0 Å². The molecule has 80 valence electrons. The molecule has 0 N–H and O–H groups in total. The molecule has 0 spiro atoms. The largest absolute Gasteiger partial charge is 0.411 e. The van der Waals surface area contributed by atoms with Crippen LogP contribution in [0.4, 0.5) is 0 Å². The van der Waals surface area contributed by atoms with Crippen LogP contribution in [0.25, 0.3) is 11.5 Å². The standard InChI is InChI=1S/C11H7ClN2OS/c1-2-7-16-11-14-13-10(15-11)8-3-5-9(12)6-4-8/h3-6H,1H3. The first-order valence-electron chi connectivity index (χ1n) is 4.47. The minimum absolute atomic E-state index is 0.444. The quantitative estimate of drug-likeness (QED) is 0.604. The number of benzene rings is 1. The van der Waals surface area contributed by atoms with Crippen molar-refractivity contribution in [3.8, 4) is 22.6 Å². The number of thioether (sulfide) groups is 1. The normalized spacial score (nSPS) is 9.62. The van der Waals surface area contributed by atoms with E-state index < -0.39 is 0 Å². The SMILES string of the molecule is CC#CSc1nnc(-c2ccc(Cl)cc2)o1. The number of nitrogens with zero attached hydrogens (tertiary/aromatic N) is 2. The summed E-state index contributed by atoms with van der Waals surface area (Å²) in [6, 6.07) is 7.21. The molecule has 0 aliphatic rings. The fraction of sp³-hybridized carbons (Fsp3) is 0.0909. The molecule has 0 aliphatic carbocycles. The molecule has 5 heteroatoms. The Balaban J connectivity index is 2.23. The van der Waals surface area contributed by atoms with Crippen LogP contribution in [0.5, 0.6) is 0 Å². The molecule has 1 aromatic heterocycles. The van der Waals surface area contributed by atoms with Crippen LogP contribution >= 0.6 is 23.4 Å². The maximum absolute atomic E-state index is 5.78. The molecule has 2 aromatic rings. The van der Waals surface area contributed by atoms with Crippen LogP contribution in [0.1, 0.15) is 6.92 Å². The predicted molar refractivity (Wildman–Crippen MR) is 64.1 cm³/mol. The van der Waals surface area contributed by atoms with Gasteiger partial charge in [0, 0.05) is 22.3 Å². The average molecular weight is 251 g/mol. The van der Waals surface area contributed by atoms with Crippen molar-refractivity contribution in [3.63, 3.8) is 0 Å². The summed E-state index contributed by atoms with van der Waals surface area (Å²) in [5.74, 6) is 3.21. The second kappa shape index (κ2) is 5.06. The van der Waals surface area contributed by atoms with Crippen molar-refractivity contribution in [3.05, 3.63) is 29.3 Å². The molecule has 0 aliphatic heterocycles. The van der Waals surface area contributed by atoms with E-state index in [1.807, 2.05) is 12.1 Å². The molecule has 0 radical (unpaired) electrons. The van der Waals surface area contributed by atoms with Gasteiger partial charge in [0.2, 0.25) is 5.89 Å². The number of rotatable bonds is 2. The highest BCUT2D eigenvalue weighted by Crippen LogP contribution is 2.23. The van der Waals surface area contributed by atoms with Crippen LogP contribution in [0, 0.1) is 11.2 Å². The van der Waals surface area contributed by atoms with Crippen LogP contribution in [0.15, 0.2) is 33.9 Å². The van der Waals surface area contributed by atoms with E-state index >= 15 is 0 Å². The monoisotopic (exact) mass is 250 g/mol. The van der Waals surface area contributed by atoms with E-state index in [9.17, 15) is 0 Å². The van der Waals surface area contributed by atoms with Crippen molar-refractivity contribution < 1.29 is 4.42 Å². The lowest BCUT2D eigenvalue weighted by molar-refractivity contribution is 0.467. The van der Waals surface area contributed by atoms with Crippen molar-refractivity contribution in [2.45, 2.75) is 12.1 Å². The molecule has 0 amide bonds. The van der Waals surface area contributed by atoms with Crippen LogP contribution in [0.2, 0.25) is 5.02 Å². The van der Waals surface area contributed by atoms with Crippen molar-refractivity contribution >= 4 is 23.4 Å². The summed E-state index contributed by atoms with van der Waals surface area (Å²) in [5.41, 5.74) is 0.841. The third-order valence-electron chi connectivity index (χ3n) is 1.74. The highest BCUT2D eigenvalue weighted by Gasteiger charge is 2.07. The van der Waals surface area contributed by atoms with Crippen LogP contribution in [-0.4, -0.2) is 10.2 Å². The second-order valence-electron chi connectivity index (χ2n) is 2.83. The van der Waals surface area contributed by atoms with E-state index in [4.69, 9.17) is 16.0 Å². The molecule has 0 saturated heterocycles. The summed E-state index contributed by atoms with van der Waals surface area (Å²) in [4.78, 5) is 0. The van der Waals surface area contributed by atoms with Gasteiger partial charge < -0.3 is 4.42 Å². The van der Waals surface area contributed by atoms with Crippen LogP contribution in [-0.2, 0) is 0 Å². The Labute approximate surface area is 102 Å². The highest BCUT2D eigenvalue weighted by molar-refractivity contribution is 8.03. The number of aromatic nitrogens is 2. The van der Waals surface area contributed by atoms with Gasteiger partial charge in [-0.15, -0.1) is 5.10 Å². The van der Waals surface area contributed by atoms with Gasteiger partial charge in [-0.2, -0.15) is 0 Å². The maximum Gasteiger partial charge on any atom is 0.289 e. The third-order valence-corrected chi connectivity index (χ3v) is 2.64. The Kier molecular flexibility index (Phi) is 3.50. The zero-order valence-electron chi connectivity index (χ0n) is 8.40. The summed E-state index contributed by atoms with van der Waals surface area (Å²) in [6.07, 6.45) is 0. The lowest BCUT2D eigenvalue weighted by Crippen LogP contribution is -1.76. The molecule has 1 heterocycles. The van der Waals surface area contributed by atoms with E-state index in [0.29, 0.717) is 16.1 Å². The minimum atomic E-state index is 0.444. The Morgan fingerprint density at radius 1 is 1.25 bits per heavy atom. The van der Waals surface area contributed by atoms with Crippen molar-refractivity contribution in [2.24, 2.45) is 0 Å². The minimum Gasteiger partial charge on any atom is -0.411 e. The fourth-order valence-corrected chi connectivity index (χ4v) is 1.57. The Hall–Kier alpha value is -1.44. The molecular formula is C11H7ClN2OS. The van der Waals surface area contributed by atoms with Gasteiger partial charge in [0.1, 0.15) is 0 Å².